The van der Waals surface area contributed by atoms with Crippen molar-refractivity contribution in [3.63, 3.8) is 0 Å². The van der Waals surface area contributed by atoms with E-state index in [9.17, 15) is 34.2 Å². The first-order chi connectivity index (χ1) is 16.9. The maximum atomic E-state index is 12.9. The molecular formula is C24H33N5O7. The largest absolute Gasteiger partial charge is 0.481 e. The van der Waals surface area contributed by atoms with Crippen LogP contribution in [0.3, 0.4) is 0 Å². The van der Waals surface area contributed by atoms with E-state index in [2.05, 4.69) is 20.9 Å². The maximum Gasteiger partial charge on any atom is 0.326 e. The number of para-hydroxylation sites is 1. The van der Waals surface area contributed by atoms with E-state index in [4.69, 9.17) is 5.73 Å². The van der Waals surface area contributed by atoms with Crippen molar-refractivity contribution < 1.29 is 34.2 Å². The standard InChI is InChI=1S/C24H33N5O7/c1-12(2)8-17(27-21(32)13(3)25)22(33)28-18(10-20(30)31)23(34)29-19(24(35)36)9-14-11-26-16-7-5-4-6-15(14)16/h4-7,11-13,17-19,26H,8-10,25H2,1-3H3,(H,27,32)(H,28,33)(H,29,34)(H,30,31)(H,35,36). The molecule has 0 aliphatic heterocycles. The van der Waals surface area contributed by atoms with Gasteiger partial charge in [0.1, 0.15) is 18.1 Å². The van der Waals surface area contributed by atoms with Gasteiger partial charge in [0, 0.05) is 23.5 Å². The van der Waals surface area contributed by atoms with Gasteiger partial charge < -0.3 is 36.9 Å². The van der Waals surface area contributed by atoms with Gasteiger partial charge in [0.2, 0.25) is 17.7 Å². The number of benzene rings is 1. The summed E-state index contributed by atoms with van der Waals surface area (Å²) in [5.74, 6) is -5.05. The van der Waals surface area contributed by atoms with Gasteiger partial charge in [0.05, 0.1) is 12.5 Å². The number of aromatic amines is 1. The molecule has 2 aromatic rings. The molecule has 4 unspecified atom stereocenters. The normalized spacial score (nSPS) is 14.5. The van der Waals surface area contributed by atoms with Crippen LogP contribution in [0.1, 0.15) is 39.2 Å². The first-order valence-electron chi connectivity index (χ1n) is 11.5. The summed E-state index contributed by atoms with van der Waals surface area (Å²) in [5.41, 5.74) is 7.00. The molecule has 196 valence electrons. The number of carbonyl (C=O) groups is 5. The number of rotatable bonds is 13. The average Bonchev–Trinajstić information content (AvgIpc) is 3.19. The van der Waals surface area contributed by atoms with E-state index >= 15 is 0 Å². The summed E-state index contributed by atoms with van der Waals surface area (Å²) in [4.78, 5) is 64.2. The average molecular weight is 504 g/mol. The predicted molar refractivity (Wildman–Crippen MR) is 131 cm³/mol. The molecule has 0 fully saturated rings. The summed E-state index contributed by atoms with van der Waals surface area (Å²) >= 11 is 0. The molecule has 0 spiro atoms. The highest BCUT2D eigenvalue weighted by Crippen LogP contribution is 2.19. The van der Waals surface area contributed by atoms with Gasteiger partial charge in [0.25, 0.3) is 0 Å². The third-order valence-electron chi connectivity index (χ3n) is 5.48. The molecule has 36 heavy (non-hydrogen) atoms. The van der Waals surface area contributed by atoms with Crippen LogP contribution < -0.4 is 21.7 Å². The number of carbonyl (C=O) groups excluding carboxylic acids is 3. The van der Waals surface area contributed by atoms with Crippen LogP contribution in [0.5, 0.6) is 0 Å². The Kier molecular flexibility index (Phi) is 9.97. The zero-order valence-corrected chi connectivity index (χ0v) is 20.4. The second kappa shape index (κ2) is 12.7. The lowest BCUT2D eigenvalue weighted by atomic mass is 10.0. The zero-order valence-electron chi connectivity index (χ0n) is 20.4. The second-order valence-corrected chi connectivity index (χ2v) is 9.10. The van der Waals surface area contributed by atoms with Crippen LogP contribution in [-0.2, 0) is 30.4 Å². The molecule has 0 aliphatic carbocycles. The minimum absolute atomic E-state index is 0.0200. The van der Waals surface area contributed by atoms with Gasteiger partial charge in [-0.15, -0.1) is 0 Å². The van der Waals surface area contributed by atoms with Crippen LogP contribution in [0, 0.1) is 5.92 Å². The van der Waals surface area contributed by atoms with E-state index in [1.165, 1.54) is 6.92 Å². The van der Waals surface area contributed by atoms with Crippen molar-refractivity contribution in [1.29, 1.82) is 0 Å². The van der Waals surface area contributed by atoms with Gasteiger partial charge in [-0.3, -0.25) is 19.2 Å². The summed E-state index contributed by atoms with van der Waals surface area (Å²) in [5, 5.41) is 26.9. The van der Waals surface area contributed by atoms with Crippen molar-refractivity contribution in [2.45, 2.75) is 64.2 Å². The van der Waals surface area contributed by atoms with E-state index < -0.39 is 60.2 Å². The van der Waals surface area contributed by atoms with Gasteiger partial charge in [0.15, 0.2) is 0 Å². The van der Waals surface area contributed by atoms with Gasteiger partial charge in [-0.05, 0) is 30.9 Å². The molecule has 12 heteroatoms. The lowest BCUT2D eigenvalue weighted by molar-refractivity contribution is -0.143. The summed E-state index contributed by atoms with van der Waals surface area (Å²) in [6, 6.07) is 2.35. The number of carboxylic acid groups (broad SMARTS) is 2. The maximum absolute atomic E-state index is 12.9. The Balaban J connectivity index is 2.19. The fraction of sp³-hybridized carbons (Fsp3) is 0.458. The Morgan fingerprint density at radius 3 is 2.06 bits per heavy atom. The molecule has 0 bridgehead atoms. The Hall–Kier alpha value is -3.93. The first kappa shape index (κ1) is 28.3. The number of amides is 3. The van der Waals surface area contributed by atoms with E-state index in [-0.39, 0.29) is 18.8 Å². The SMILES string of the molecule is CC(C)CC(NC(=O)C(C)N)C(=O)NC(CC(=O)O)C(=O)NC(Cc1c[nH]c2ccccc12)C(=O)O. The molecule has 0 radical (unpaired) electrons. The minimum atomic E-state index is -1.57. The highest BCUT2D eigenvalue weighted by atomic mass is 16.4. The number of fused-ring (bicyclic) bond motifs is 1. The summed E-state index contributed by atoms with van der Waals surface area (Å²) in [6.45, 7) is 5.09. The molecule has 0 saturated carbocycles. The van der Waals surface area contributed by atoms with Gasteiger partial charge in [-0.2, -0.15) is 0 Å². The molecule has 4 atom stereocenters. The molecule has 12 nitrogen and oxygen atoms in total. The molecule has 2 rings (SSSR count). The molecule has 1 aromatic heterocycles. The molecular weight excluding hydrogens is 470 g/mol. The van der Waals surface area contributed by atoms with Crippen LogP contribution in [0.15, 0.2) is 30.5 Å². The molecule has 1 aromatic carbocycles. The topological polar surface area (TPSA) is 204 Å². The second-order valence-electron chi connectivity index (χ2n) is 9.10. The molecule has 0 saturated heterocycles. The third-order valence-corrected chi connectivity index (χ3v) is 5.48. The van der Waals surface area contributed by atoms with Gasteiger partial charge in [-0.25, -0.2) is 4.79 Å². The van der Waals surface area contributed by atoms with E-state index in [1.54, 1.807) is 18.3 Å². The van der Waals surface area contributed by atoms with Crippen LogP contribution in [0.4, 0.5) is 0 Å². The van der Waals surface area contributed by atoms with Crippen molar-refractivity contribution in [2.75, 3.05) is 0 Å². The number of carboxylic acids is 2. The fourth-order valence-electron chi connectivity index (χ4n) is 3.66. The summed E-state index contributed by atoms with van der Waals surface area (Å²) in [6.07, 6.45) is 0.997. The molecule has 0 aliphatic rings. The van der Waals surface area contributed by atoms with Gasteiger partial charge >= 0.3 is 11.9 Å². The highest BCUT2D eigenvalue weighted by molar-refractivity contribution is 5.95. The smallest absolute Gasteiger partial charge is 0.326 e. The van der Waals surface area contributed by atoms with Crippen LogP contribution in [0.2, 0.25) is 0 Å². The quantitative estimate of drug-likeness (QED) is 0.199. The Bertz CT molecular complexity index is 1110. The Morgan fingerprint density at radius 2 is 1.47 bits per heavy atom. The predicted octanol–water partition coefficient (Wildman–Crippen LogP) is 0.117. The molecule has 3 amide bonds. The van der Waals surface area contributed by atoms with Crippen LogP contribution >= 0.6 is 0 Å². The summed E-state index contributed by atoms with van der Waals surface area (Å²) in [7, 11) is 0. The van der Waals surface area contributed by atoms with Crippen molar-refractivity contribution >= 4 is 40.6 Å². The number of hydrogen-bond acceptors (Lipinski definition) is 6. The Labute approximate surface area is 208 Å². The lowest BCUT2D eigenvalue weighted by Gasteiger charge is -2.25. The summed E-state index contributed by atoms with van der Waals surface area (Å²) < 4.78 is 0. The zero-order chi connectivity index (χ0) is 27.0. The highest BCUT2D eigenvalue weighted by Gasteiger charge is 2.32. The van der Waals surface area contributed by atoms with Crippen LogP contribution in [0.25, 0.3) is 10.9 Å². The first-order valence-corrected chi connectivity index (χ1v) is 11.5. The van der Waals surface area contributed by atoms with E-state index in [0.29, 0.717) is 5.56 Å². The fourth-order valence-corrected chi connectivity index (χ4v) is 3.66. The third kappa shape index (κ3) is 8.08. The van der Waals surface area contributed by atoms with Crippen molar-refractivity contribution in [2.24, 2.45) is 11.7 Å². The minimum Gasteiger partial charge on any atom is -0.481 e. The number of H-pyrrole nitrogens is 1. The van der Waals surface area contributed by atoms with Gasteiger partial charge in [-0.1, -0.05) is 32.0 Å². The molecule has 1 heterocycles. The van der Waals surface area contributed by atoms with Crippen molar-refractivity contribution in [3.8, 4) is 0 Å². The van der Waals surface area contributed by atoms with Crippen LogP contribution in [-0.4, -0.2) is 69.0 Å². The van der Waals surface area contributed by atoms with Crippen molar-refractivity contribution in [1.82, 2.24) is 20.9 Å². The van der Waals surface area contributed by atoms with E-state index in [1.807, 2.05) is 26.0 Å². The number of hydrogen-bond donors (Lipinski definition) is 7. The monoisotopic (exact) mass is 503 g/mol. The number of aromatic nitrogens is 1. The number of nitrogens with one attached hydrogen (secondary N) is 4. The molecule has 8 N–H and O–H groups in total. The lowest BCUT2D eigenvalue weighted by Crippen LogP contribution is -2.57. The number of aliphatic carboxylic acids is 2. The Morgan fingerprint density at radius 1 is 0.889 bits per heavy atom. The van der Waals surface area contributed by atoms with Crippen molar-refractivity contribution in [3.05, 3.63) is 36.0 Å². The van der Waals surface area contributed by atoms with E-state index in [0.717, 1.165) is 10.9 Å². The number of nitrogens with two attached hydrogens (primary N) is 1.